The molecule has 3 aliphatic rings. The van der Waals surface area contributed by atoms with Gasteiger partial charge in [0.05, 0.1) is 0 Å². The highest BCUT2D eigenvalue weighted by Gasteiger charge is 2.36. The second-order valence-corrected chi connectivity index (χ2v) is 6.79. The van der Waals surface area contributed by atoms with Crippen molar-refractivity contribution in [3.05, 3.63) is 0 Å². The maximum atomic E-state index is 6.00. The Bertz CT molecular complexity index is 273. The number of rotatable bonds is 2. The zero-order valence-electron chi connectivity index (χ0n) is 11.9. The van der Waals surface area contributed by atoms with E-state index >= 15 is 0 Å². The molecule has 0 amide bonds. The molecule has 3 heteroatoms. The molecule has 0 spiro atoms. The SMILES string of the molecule is CC1CCCC1N1CCC(N2CCC(N)CC2)C1. The van der Waals surface area contributed by atoms with Crippen LogP contribution in [0.25, 0.3) is 0 Å². The molecule has 2 N–H and O–H groups in total. The van der Waals surface area contributed by atoms with Crippen molar-refractivity contribution in [2.45, 2.75) is 63.6 Å². The third-order valence-electron chi connectivity index (χ3n) is 5.57. The smallest absolute Gasteiger partial charge is 0.0235 e. The van der Waals surface area contributed by atoms with E-state index in [4.69, 9.17) is 5.73 Å². The Kier molecular flexibility index (Phi) is 3.92. The average molecular weight is 251 g/mol. The Balaban J connectivity index is 1.52. The highest BCUT2D eigenvalue weighted by Crippen LogP contribution is 2.32. The highest BCUT2D eigenvalue weighted by atomic mass is 15.3. The molecule has 0 bridgehead atoms. The lowest BCUT2D eigenvalue weighted by Gasteiger charge is -2.35. The van der Waals surface area contributed by atoms with Crippen molar-refractivity contribution < 1.29 is 0 Å². The molecule has 3 atom stereocenters. The molecule has 2 heterocycles. The fourth-order valence-electron chi connectivity index (χ4n) is 4.32. The van der Waals surface area contributed by atoms with E-state index in [1.807, 2.05) is 0 Å². The second kappa shape index (κ2) is 5.48. The Hall–Kier alpha value is -0.120. The van der Waals surface area contributed by atoms with Crippen LogP contribution in [0.1, 0.15) is 45.4 Å². The van der Waals surface area contributed by atoms with Gasteiger partial charge in [-0.25, -0.2) is 0 Å². The number of hydrogen-bond acceptors (Lipinski definition) is 3. The molecular formula is C15H29N3. The average Bonchev–Trinajstić information content (AvgIpc) is 2.98. The van der Waals surface area contributed by atoms with Crippen LogP contribution in [0.3, 0.4) is 0 Å². The Labute approximate surface area is 112 Å². The normalized spacial score (nSPS) is 40.7. The van der Waals surface area contributed by atoms with Gasteiger partial charge in [0.25, 0.3) is 0 Å². The summed E-state index contributed by atoms with van der Waals surface area (Å²) in [6.07, 6.45) is 8.14. The Morgan fingerprint density at radius 1 is 0.889 bits per heavy atom. The van der Waals surface area contributed by atoms with Crippen LogP contribution in [0.5, 0.6) is 0 Å². The molecule has 3 unspecified atom stereocenters. The molecule has 0 radical (unpaired) electrons. The summed E-state index contributed by atoms with van der Waals surface area (Å²) >= 11 is 0. The van der Waals surface area contributed by atoms with Crippen molar-refractivity contribution in [2.24, 2.45) is 11.7 Å². The van der Waals surface area contributed by atoms with Crippen LogP contribution in [0.4, 0.5) is 0 Å². The minimum absolute atomic E-state index is 0.466. The lowest BCUT2D eigenvalue weighted by Crippen LogP contribution is -2.46. The molecule has 1 aliphatic carbocycles. The van der Waals surface area contributed by atoms with E-state index in [1.54, 1.807) is 0 Å². The summed E-state index contributed by atoms with van der Waals surface area (Å²) in [4.78, 5) is 5.50. The van der Waals surface area contributed by atoms with Crippen LogP contribution in [-0.2, 0) is 0 Å². The second-order valence-electron chi connectivity index (χ2n) is 6.79. The molecule has 2 aliphatic heterocycles. The van der Waals surface area contributed by atoms with Crippen molar-refractivity contribution in [3.8, 4) is 0 Å². The minimum atomic E-state index is 0.466. The summed E-state index contributed by atoms with van der Waals surface area (Å²) in [5.41, 5.74) is 6.00. The molecule has 0 aromatic carbocycles. The summed E-state index contributed by atoms with van der Waals surface area (Å²) in [5, 5.41) is 0. The van der Waals surface area contributed by atoms with E-state index < -0.39 is 0 Å². The van der Waals surface area contributed by atoms with Crippen LogP contribution in [0.2, 0.25) is 0 Å². The number of likely N-dealkylation sites (tertiary alicyclic amines) is 2. The van der Waals surface area contributed by atoms with Crippen LogP contribution in [0, 0.1) is 5.92 Å². The molecule has 3 rings (SSSR count). The number of piperidine rings is 1. The maximum Gasteiger partial charge on any atom is 0.0235 e. The number of nitrogens with zero attached hydrogens (tertiary/aromatic N) is 2. The molecule has 3 nitrogen and oxygen atoms in total. The van der Waals surface area contributed by atoms with Crippen LogP contribution >= 0.6 is 0 Å². The van der Waals surface area contributed by atoms with Gasteiger partial charge < -0.3 is 5.73 Å². The van der Waals surface area contributed by atoms with Gasteiger partial charge in [0.2, 0.25) is 0 Å². The maximum absolute atomic E-state index is 6.00. The standard InChI is InChI=1S/C15H29N3/c1-12-3-2-4-15(12)18-10-7-14(11-18)17-8-5-13(16)6-9-17/h12-15H,2-11,16H2,1H3. The summed E-state index contributed by atoms with van der Waals surface area (Å²) < 4.78 is 0. The minimum Gasteiger partial charge on any atom is -0.328 e. The molecular weight excluding hydrogens is 222 g/mol. The summed E-state index contributed by atoms with van der Waals surface area (Å²) in [6, 6.07) is 2.18. The van der Waals surface area contributed by atoms with Gasteiger partial charge in [0.1, 0.15) is 0 Å². The third kappa shape index (κ3) is 2.59. The van der Waals surface area contributed by atoms with Crippen LogP contribution in [0.15, 0.2) is 0 Å². The first-order chi connectivity index (χ1) is 8.74. The van der Waals surface area contributed by atoms with Crippen molar-refractivity contribution in [3.63, 3.8) is 0 Å². The van der Waals surface area contributed by atoms with Gasteiger partial charge in [0, 0.05) is 31.2 Å². The summed E-state index contributed by atoms with van der Waals surface area (Å²) in [7, 11) is 0. The van der Waals surface area contributed by atoms with Gasteiger partial charge in [0.15, 0.2) is 0 Å². The molecule has 2 saturated heterocycles. The zero-order valence-corrected chi connectivity index (χ0v) is 11.9. The van der Waals surface area contributed by atoms with Crippen molar-refractivity contribution in [1.29, 1.82) is 0 Å². The first-order valence-electron chi connectivity index (χ1n) is 7.97. The van der Waals surface area contributed by atoms with E-state index in [0.717, 1.165) is 18.0 Å². The van der Waals surface area contributed by atoms with Gasteiger partial charge in [-0.05, 0) is 51.1 Å². The van der Waals surface area contributed by atoms with E-state index in [0.29, 0.717) is 6.04 Å². The first-order valence-corrected chi connectivity index (χ1v) is 7.97. The molecule has 1 saturated carbocycles. The largest absolute Gasteiger partial charge is 0.328 e. The summed E-state index contributed by atoms with van der Waals surface area (Å²) in [6.45, 7) is 7.58. The fourth-order valence-corrected chi connectivity index (χ4v) is 4.32. The zero-order chi connectivity index (χ0) is 12.5. The van der Waals surface area contributed by atoms with E-state index in [9.17, 15) is 0 Å². The lowest BCUT2D eigenvalue weighted by molar-refractivity contribution is 0.137. The quantitative estimate of drug-likeness (QED) is 0.810. The van der Waals surface area contributed by atoms with Gasteiger partial charge in [-0.15, -0.1) is 0 Å². The molecule has 0 aromatic heterocycles. The third-order valence-corrected chi connectivity index (χ3v) is 5.57. The van der Waals surface area contributed by atoms with Crippen LogP contribution in [-0.4, -0.2) is 54.1 Å². The van der Waals surface area contributed by atoms with Gasteiger partial charge in [-0.2, -0.15) is 0 Å². The Morgan fingerprint density at radius 2 is 1.61 bits per heavy atom. The molecule has 3 fully saturated rings. The monoisotopic (exact) mass is 251 g/mol. The molecule has 0 aromatic rings. The van der Waals surface area contributed by atoms with E-state index in [-0.39, 0.29) is 0 Å². The predicted molar refractivity (Wildman–Crippen MR) is 75.6 cm³/mol. The highest BCUT2D eigenvalue weighted by molar-refractivity contribution is 4.92. The summed E-state index contributed by atoms with van der Waals surface area (Å²) in [5.74, 6) is 0.929. The van der Waals surface area contributed by atoms with Gasteiger partial charge in [-0.3, -0.25) is 9.80 Å². The van der Waals surface area contributed by atoms with Gasteiger partial charge in [-0.1, -0.05) is 13.3 Å². The predicted octanol–water partition coefficient (Wildman–Crippen LogP) is 1.67. The van der Waals surface area contributed by atoms with Gasteiger partial charge >= 0.3 is 0 Å². The fraction of sp³-hybridized carbons (Fsp3) is 1.00. The topological polar surface area (TPSA) is 32.5 Å². The number of hydrogen-bond donors (Lipinski definition) is 1. The van der Waals surface area contributed by atoms with Crippen molar-refractivity contribution in [1.82, 2.24) is 9.80 Å². The lowest BCUT2D eigenvalue weighted by atomic mass is 10.0. The first kappa shape index (κ1) is 12.9. The van der Waals surface area contributed by atoms with Crippen molar-refractivity contribution >= 4 is 0 Å². The van der Waals surface area contributed by atoms with E-state index in [2.05, 4.69) is 16.7 Å². The van der Waals surface area contributed by atoms with E-state index in [1.165, 1.54) is 64.7 Å². The van der Waals surface area contributed by atoms with Crippen LogP contribution < -0.4 is 5.73 Å². The Morgan fingerprint density at radius 3 is 2.28 bits per heavy atom. The number of nitrogens with two attached hydrogens (primary N) is 1. The van der Waals surface area contributed by atoms with Crippen molar-refractivity contribution in [2.75, 3.05) is 26.2 Å². The molecule has 104 valence electrons. The molecule has 18 heavy (non-hydrogen) atoms.